The number of carbonyl (C=O) groups excluding carboxylic acids is 1. The summed E-state index contributed by atoms with van der Waals surface area (Å²) in [6.45, 7) is 7.04. The van der Waals surface area contributed by atoms with Gasteiger partial charge < -0.3 is 10.3 Å². The Morgan fingerprint density at radius 3 is 2.88 bits per heavy atom. The summed E-state index contributed by atoms with van der Waals surface area (Å²) in [6.07, 6.45) is 0.217. The maximum Gasteiger partial charge on any atom is 0.224 e. The molecule has 2 aromatic heterocycles. The summed E-state index contributed by atoms with van der Waals surface area (Å²) in [4.78, 5) is 15.5. The van der Waals surface area contributed by atoms with Gasteiger partial charge in [0.1, 0.15) is 5.82 Å². The van der Waals surface area contributed by atoms with Crippen LogP contribution in [0.3, 0.4) is 0 Å². The summed E-state index contributed by atoms with van der Waals surface area (Å²) in [7, 11) is 0. The second kappa shape index (κ2) is 6.47. The van der Waals surface area contributed by atoms with Crippen LogP contribution in [0.2, 0.25) is 0 Å². The molecule has 5 nitrogen and oxygen atoms in total. The van der Waals surface area contributed by atoms with Gasteiger partial charge >= 0.3 is 0 Å². The third kappa shape index (κ3) is 3.18. The van der Waals surface area contributed by atoms with Gasteiger partial charge in [0, 0.05) is 23.1 Å². The minimum Gasteiger partial charge on any atom is -0.358 e. The molecule has 2 heterocycles. The van der Waals surface area contributed by atoms with Gasteiger partial charge in [-0.3, -0.25) is 9.48 Å². The molecule has 0 aliphatic rings. The van der Waals surface area contributed by atoms with Crippen LogP contribution in [0.5, 0.6) is 0 Å². The fourth-order valence-electron chi connectivity index (χ4n) is 3.01. The van der Waals surface area contributed by atoms with Gasteiger partial charge in [-0.1, -0.05) is 0 Å². The van der Waals surface area contributed by atoms with Crippen LogP contribution >= 0.6 is 0 Å². The van der Waals surface area contributed by atoms with E-state index in [0.717, 1.165) is 40.1 Å². The molecule has 24 heavy (non-hydrogen) atoms. The molecule has 0 saturated carbocycles. The number of benzene rings is 1. The Balaban J connectivity index is 1.73. The van der Waals surface area contributed by atoms with E-state index in [1.807, 2.05) is 31.5 Å². The number of fused-ring (bicyclic) bond motifs is 1. The Kier molecular flexibility index (Phi) is 4.38. The van der Waals surface area contributed by atoms with Crippen molar-refractivity contribution in [3.63, 3.8) is 0 Å². The van der Waals surface area contributed by atoms with Gasteiger partial charge in [0.05, 0.1) is 24.4 Å². The standard InChI is InChI=1S/C18H21FN4O/c1-4-23-14(7-11(2)22-23)10-20-18(24)9-15-12(3)21-17-6-5-13(19)8-16(15)17/h5-8,21H,4,9-10H2,1-3H3,(H,20,24). The summed E-state index contributed by atoms with van der Waals surface area (Å²) in [6, 6.07) is 6.55. The SMILES string of the molecule is CCn1nc(C)cc1CNC(=O)Cc1c(C)[nH]c2ccc(F)cc12. The third-order valence-corrected chi connectivity index (χ3v) is 4.17. The van der Waals surface area contributed by atoms with Crippen LogP contribution in [0.1, 0.15) is 29.6 Å². The number of aromatic amines is 1. The smallest absolute Gasteiger partial charge is 0.224 e. The van der Waals surface area contributed by atoms with Gasteiger partial charge in [-0.2, -0.15) is 5.10 Å². The number of H-pyrrole nitrogens is 1. The number of aryl methyl sites for hydroxylation is 3. The van der Waals surface area contributed by atoms with Crippen molar-refractivity contribution in [3.8, 4) is 0 Å². The molecule has 0 saturated heterocycles. The highest BCUT2D eigenvalue weighted by atomic mass is 19.1. The Morgan fingerprint density at radius 1 is 1.33 bits per heavy atom. The van der Waals surface area contributed by atoms with E-state index >= 15 is 0 Å². The molecule has 0 unspecified atom stereocenters. The van der Waals surface area contributed by atoms with Gasteiger partial charge in [-0.05, 0) is 50.6 Å². The number of halogens is 1. The predicted molar refractivity (Wildman–Crippen MR) is 91.2 cm³/mol. The van der Waals surface area contributed by atoms with Gasteiger partial charge in [-0.25, -0.2) is 4.39 Å². The molecule has 0 fully saturated rings. The summed E-state index contributed by atoms with van der Waals surface area (Å²) in [5.41, 5.74) is 4.48. The lowest BCUT2D eigenvalue weighted by Crippen LogP contribution is -2.26. The van der Waals surface area contributed by atoms with Crippen LogP contribution in [0.4, 0.5) is 4.39 Å². The maximum atomic E-state index is 13.5. The first-order valence-electron chi connectivity index (χ1n) is 8.04. The molecule has 0 atom stereocenters. The number of nitrogens with one attached hydrogen (secondary N) is 2. The fraction of sp³-hybridized carbons (Fsp3) is 0.333. The molecular weight excluding hydrogens is 307 g/mol. The zero-order valence-electron chi connectivity index (χ0n) is 14.1. The Bertz CT molecular complexity index is 894. The molecule has 1 aromatic carbocycles. The van der Waals surface area contributed by atoms with E-state index in [4.69, 9.17) is 0 Å². The van der Waals surface area contributed by atoms with Crippen molar-refractivity contribution >= 4 is 16.8 Å². The van der Waals surface area contributed by atoms with Gasteiger partial charge in [0.25, 0.3) is 0 Å². The van der Waals surface area contributed by atoms with Crippen LogP contribution < -0.4 is 5.32 Å². The number of carbonyl (C=O) groups is 1. The first-order chi connectivity index (χ1) is 11.5. The molecule has 2 N–H and O–H groups in total. The first kappa shape index (κ1) is 16.2. The maximum absolute atomic E-state index is 13.5. The van der Waals surface area contributed by atoms with E-state index in [9.17, 15) is 9.18 Å². The van der Waals surface area contributed by atoms with Crippen molar-refractivity contribution in [2.24, 2.45) is 0 Å². The lowest BCUT2D eigenvalue weighted by atomic mass is 10.1. The highest BCUT2D eigenvalue weighted by Gasteiger charge is 2.14. The van der Waals surface area contributed by atoms with E-state index in [1.165, 1.54) is 12.1 Å². The van der Waals surface area contributed by atoms with Crippen molar-refractivity contribution in [2.45, 2.75) is 40.3 Å². The van der Waals surface area contributed by atoms with Crippen molar-refractivity contribution in [1.82, 2.24) is 20.1 Å². The van der Waals surface area contributed by atoms with Gasteiger partial charge in [0.15, 0.2) is 0 Å². The van der Waals surface area contributed by atoms with Crippen LogP contribution in [0, 0.1) is 19.7 Å². The van der Waals surface area contributed by atoms with Crippen LogP contribution in [0.25, 0.3) is 10.9 Å². The van der Waals surface area contributed by atoms with E-state index in [2.05, 4.69) is 15.4 Å². The third-order valence-electron chi connectivity index (χ3n) is 4.17. The quantitative estimate of drug-likeness (QED) is 0.756. The normalized spacial score (nSPS) is 11.2. The van der Waals surface area contributed by atoms with Gasteiger partial charge in [-0.15, -0.1) is 0 Å². The summed E-state index contributed by atoms with van der Waals surface area (Å²) in [5, 5.41) is 8.05. The number of aromatic nitrogens is 3. The van der Waals surface area contributed by atoms with Crippen LogP contribution in [0.15, 0.2) is 24.3 Å². The Labute approximate surface area is 139 Å². The molecule has 0 bridgehead atoms. The molecule has 1 amide bonds. The second-order valence-electron chi connectivity index (χ2n) is 5.96. The first-order valence-corrected chi connectivity index (χ1v) is 8.04. The minimum atomic E-state index is -0.300. The molecule has 126 valence electrons. The molecular formula is C18H21FN4O. The number of nitrogens with zero attached hydrogens (tertiary/aromatic N) is 2. The molecule has 0 aliphatic heterocycles. The summed E-state index contributed by atoms with van der Waals surface area (Å²) < 4.78 is 15.4. The van der Waals surface area contributed by atoms with E-state index < -0.39 is 0 Å². The van der Waals surface area contributed by atoms with Crippen molar-refractivity contribution in [2.75, 3.05) is 0 Å². The van der Waals surface area contributed by atoms with Crippen molar-refractivity contribution < 1.29 is 9.18 Å². The highest BCUT2D eigenvalue weighted by molar-refractivity contribution is 5.90. The van der Waals surface area contributed by atoms with Crippen LogP contribution in [-0.2, 0) is 24.3 Å². The van der Waals surface area contributed by atoms with E-state index in [1.54, 1.807) is 6.07 Å². The molecule has 0 aliphatic carbocycles. The van der Waals surface area contributed by atoms with Crippen LogP contribution in [-0.4, -0.2) is 20.7 Å². The zero-order chi connectivity index (χ0) is 17.3. The van der Waals surface area contributed by atoms with Crippen molar-refractivity contribution in [3.05, 3.63) is 52.7 Å². The highest BCUT2D eigenvalue weighted by Crippen LogP contribution is 2.23. The second-order valence-corrected chi connectivity index (χ2v) is 5.96. The Hall–Kier alpha value is -2.63. The lowest BCUT2D eigenvalue weighted by molar-refractivity contribution is -0.120. The number of rotatable bonds is 5. The summed E-state index contributed by atoms with van der Waals surface area (Å²) >= 11 is 0. The summed E-state index contributed by atoms with van der Waals surface area (Å²) in [5.74, 6) is -0.393. The van der Waals surface area contributed by atoms with E-state index in [0.29, 0.717) is 6.54 Å². The molecule has 6 heteroatoms. The molecule has 0 radical (unpaired) electrons. The largest absolute Gasteiger partial charge is 0.358 e. The predicted octanol–water partition coefficient (Wildman–Crippen LogP) is 3.00. The number of hydrogen-bond donors (Lipinski definition) is 2. The number of amides is 1. The minimum absolute atomic E-state index is 0.0928. The van der Waals surface area contributed by atoms with E-state index in [-0.39, 0.29) is 18.1 Å². The number of hydrogen-bond acceptors (Lipinski definition) is 2. The average molecular weight is 328 g/mol. The fourth-order valence-corrected chi connectivity index (χ4v) is 3.01. The monoisotopic (exact) mass is 328 g/mol. The zero-order valence-corrected chi connectivity index (χ0v) is 14.1. The van der Waals surface area contributed by atoms with Crippen molar-refractivity contribution in [1.29, 1.82) is 0 Å². The average Bonchev–Trinajstić information content (AvgIpc) is 3.05. The topological polar surface area (TPSA) is 62.7 Å². The molecule has 0 spiro atoms. The molecule has 3 rings (SSSR count). The Morgan fingerprint density at radius 2 is 2.12 bits per heavy atom. The molecule has 3 aromatic rings. The van der Waals surface area contributed by atoms with Gasteiger partial charge in [0.2, 0.25) is 5.91 Å². The lowest BCUT2D eigenvalue weighted by Gasteiger charge is -2.07.